The van der Waals surface area contributed by atoms with Crippen LogP contribution in [0.1, 0.15) is 9.75 Å². The summed E-state index contributed by atoms with van der Waals surface area (Å²) in [5.74, 6) is 0. The van der Waals surface area contributed by atoms with Gasteiger partial charge in [-0.2, -0.15) is 0 Å². The van der Waals surface area contributed by atoms with Crippen molar-refractivity contribution >= 4 is 55.6 Å². The maximum Gasteiger partial charge on any atom is 0.144 e. The molecule has 0 aromatic carbocycles. The lowest BCUT2D eigenvalue weighted by Gasteiger charge is -1.75. The van der Waals surface area contributed by atoms with E-state index in [2.05, 4.69) is 13.8 Å². The average molecular weight is 218 g/mol. The summed E-state index contributed by atoms with van der Waals surface area (Å²) in [6.45, 7) is 4.33. The smallest absolute Gasteiger partial charge is 0.143 e. The Labute approximate surface area is 82.1 Å². The van der Waals surface area contributed by atoms with Crippen LogP contribution in [0.25, 0.3) is 9.40 Å². The molecule has 0 aliphatic heterocycles. The number of hydrogen-bond acceptors (Lipinski definition) is 4. The molecule has 0 amide bonds. The van der Waals surface area contributed by atoms with Crippen molar-refractivity contribution in [2.45, 2.75) is 13.8 Å². The number of aryl methyl sites for hydroxylation is 2. The zero-order chi connectivity index (χ0) is 8.01. The summed E-state index contributed by atoms with van der Waals surface area (Å²) in [6, 6.07) is 0. The van der Waals surface area contributed by atoms with Crippen molar-refractivity contribution < 1.29 is 0 Å². The van der Waals surface area contributed by atoms with E-state index in [-0.39, 0.29) is 0 Å². The molecule has 0 spiro atoms. The molecule has 0 atom stereocenters. The number of rotatable bonds is 0. The first kappa shape index (κ1) is 7.86. The van der Waals surface area contributed by atoms with Crippen LogP contribution in [0, 0.1) is 17.0 Å². The molecule has 0 aliphatic carbocycles. The van der Waals surface area contributed by atoms with Crippen molar-refractivity contribution in [3.8, 4) is 0 Å². The van der Waals surface area contributed by atoms with Gasteiger partial charge in [0.1, 0.15) is 3.14 Å². The molecule has 0 nitrogen and oxygen atoms in total. The van der Waals surface area contributed by atoms with Gasteiger partial charge in [-0.3, -0.25) is 0 Å². The molecule has 2 aromatic heterocycles. The Kier molecular flexibility index (Phi) is 1.87. The molecule has 0 saturated heterocycles. The highest BCUT2D eigenvalue weighted by Crippen LogP contribution is 2.38. The van der Waals surface area contributed by atoms with Crippen LogP contribution in [-0.2, 0) is 0 Å². The maximum atomic E-state index is 5.13. The van der Waals surface area contributed by atoms with E-state index < -0.39 is 0 Å². The van der Waals surface area contributed by atoms with Gasteiger partial charge in [0.2, 0.25) is 0 Å². The van der Waals surface area contributed by atoms with Crippen molar-refractivity contribution in [1.29, 1.82) is 0 Å². The van der Waals surface area contributed by atoms with Crippen LogP contribution in [0.5, 0.6) is 0 Å². The van der Waals surface area contributed by atoms with Crippen LogP contribution in [0.2, 0.25) is 0 Å². The van der Waals surface area contributed by atoms with E-state index in [1.807, 2.05) is 11.3 Å². The van der Waals surface area contributed by atoms with Crippen LogP contribution in [-0.4, -0.2) is 0 Å². The third kappa shape index (κ3) is 1.18. The number of thiophene rings is 1. The molecule has 11 heavy (non-hydrogen) atoms. The molecule has 2 rings (SSSR count). The highest BCUT2D eigenvalue weighted by Gasteiger charge is 2.07. The van der Waals surface area contributed by atoms with Crippen molar-refractivity contribution in [3.05, 3.63) is 12.9 Å². The van der Waals surface area contributed by atoms with Crippen molar-refractivity contribution in [3.63, 3.8) is 0 Å². The van der Waals surface area contributed by atoms with Crippen molar-refractivity contribution in [2.75, 3.05) is 0 Å². The first-order valence-corrected chi connectivity index (χ1v) is 6.04. The Morgan fingerprint density at radius 3 is 1.82 bits per heavy atom. The highest BCUT2D eigenvalue weighted by molar-refractivity contribution is 7.77. The SMILES string of the molecule is Cc1sc(C)c2sc(=S)sc12. The second-order valence-electron chi connectivity index (χ2n) is 2.33. The second kappa shape index (κ2) is 2.62. The zero-order valence-corrected chi connectivity index (χ0v) is 9.40. The van der Waals surface area contributed by atoms with Crippen molar-refractivity contribution in [2.24, 2.45) is 0 Å². The monoisotopic (exact) mass is 218 g/mol. The maximum absolute atomic E-state index is 5.13. The molecule has 0 bridgehead atoms. The van der Waals surface area contributed by atoms with Gasteiger partial charge in [-0.1, -0.05) is 12.2 Å². The highest BCUT2D eigenvalue weighted by atomic mass is 32.2. The molecular formula is C7H6S4. The first-order valence-electron chi connectivity index (χ1n) is 3.18. The van der Waals surface area contributed by atoms with Crippen LogP contribution in [0.4, 0.5) is 0 Å². The quantitative estimate of drug-likeness (QED) is 0.592. The normalized spacial score (nSPS) is 11.1. The Morgan fingerprint density at radius 1 is 0.909 bits per heavy atom. The van der Waals surface area contributed by atoms with E-state index in [0.29, 0.717) is 0 Å². The Bertz CT molecular complexity index is 405. The lowest BCUT2D eigenvalue weighted by atomic mass is 10.4. The Hall–Kier alpha value is 0.230. The van der Waals surface area contributed by atoms with Gasteiger partial charge in [0, 0.05) is 9.75 Å². The van der Waals surface area contributed by atoms with Gasteiger partial charge in [0.05, 0.1) is 9.40 Å². The van der Waals surface area contributed by atoms with Crippen LogP contribution >= 0.6 is 46.2 Å². The lowest BCUT2D eigenvalue weighted by Crippen LogP contribution is -1.50. The van der Waals surface area contributed by atoms with Crippen molar-refractivity contribution in [1.82, 2.24) is 0 Å². The summed E-state index contributed by atoms with van der Waals surface area (Å²) < 4.78 is 3.86. The molecule has 0 unspecified atom stereocenters. The largest absolute Gasteiger partial charge is 0.144 e. The van der Waals surface area contributed by atoms with Crippen LogP contribution in [0.15, 0.2) is 0 Å². The first-order chi connectivity index (χ1) is 5.18. The lowest BCUT2D eigenvalue weighted by molar-refractivity contribution is 1.71. The molecule has 4 heteroatoms. The Morgan fingerprint density at radius 2 is 1.36 bits per heavy atom. The summed E-state index contributed by atoms with van der Waals surface area (Å²) in [5, 5.41) is 0. The van der Waals surface area contributed by atoms with E-state index in [4.69, 9.17) is 12.2 Å². The topological polar surface area (TPSA) is 0 Å². The molecule has 0 fully saturated rings. The minimum Gasteiger partial charge on any atom is -0.143 e. The van der Waals surface area contributed by atoms with E-state index in [1.165, 1.54) is 19.2 Å². The summed E-state index contributed by atoms with van der Waals surface area (Å²) in [6.07, 6.45) is 0. The molecule has 0 saturated carbocycles. The molecule has 2 heterocycles. The Balaban J connectivity index is 3.03. The van der Waals surface area contributed by atoms with E-state index in [0.717, 1.165) is 3.14 Å². The molecule has 0 radical (unpaired) electrons. The predicted molar refractivity (Wildman–Crippen MR) is 57.9 cm³/mol. The van der Waals surface area contributed by atoms with E-state index >= 15 is 0 Å². The summed E-state index contributed by atoms with van der Waals surface area (Å²) in [5.41, 5.74) is 0. The summed E-state index contributed by atoms with van der Waals surface area (Å²) in [4.78, 5) is 2.82. The van der Waals surface area contributed by atoms with E-state index in [1.54, 1.807) is 22.7 Å². The molecule has 0 N–H and O–H groups in total. The standard InChI is InChI=1S/C7H6S4/c1-3-5-6(4(2)9-3)11-7(8)10-5/h1-2H3. The minimum atomic E-state index is 1.05. The van der Waals surface area contributed by atoms with Crippen LogP contribution < -0.4 is 0 Å². The second-order valence-corrected chi connectivity index (χ2v) is 6.98. The van der Waals surface area contributed by atoms with Gasteiger partial charge < -0.3 is 0 Å². The van der Waals surface area contributed by atoms with Gasteiger partial charge in [-0.25, -0.2) is 0 Å². The van der Waals surface area contributed by atoms with Gasteiger partial charge in [-0.15, -0.1) is 34.0 Å². The van der Waals surface area contributed by atoms with Gasteiger partial charge in [0.25, 0.3) is 0 Å². The molecule has 2 aromatic rings. The fraction of sp³-hybridized carbons (Fsp3) is 0.286. The molecular weight excluding hydrogens is 212 g/mol. The molecule has 58 valence electrons. The van der Waals surface area contributed by atoms with Gasteiger partial charge in [0.15, 0.2) is 0 Å². The minimum absolute atomic E-state index is 1.05. The summed E-state index contributed by atoms with van der Waals surface area (Å²) >= 11 is 10.5. The summed E-state index contributed by atoms with van der Waals surface area (Å²) in [7, 11) is 0. The zero-order valence-electron chi connectivity index (χ0n) is 6.13. The van der Waals surface area contributed by atoms with Gasteiger partial charge in [-0.05, 0) is 13.8 Å². The third-order valence-electron chi connectivity index (χ3n) is 1.52. The number of fused-ring (bicyclic) bond motifs is 1. The average Bonchev–Trinajstić information content (AvgIpc) is 2.38. The molecule has 0 aliphatic rings. The fourth-order valence-corrected chi connectivity index (χ4v) is 5.07. The predicted octanol–water partition coefficient (Wildman–Crippen LogP) is 4.37. The fourth-order valence-electron chi connectivity index (χ4n) is 1.07. The van der Waals surface area contributed by atoms with Gasteiger partial charge >= 0.3 is 0 Å². The number of hydrogen-bond donors (Lipinski definition) is 0. The van der Waals surface area contributed by atoms with Crippen LogP contribution in [0.3, 0.4) is 0 Å². The third-order valence-corrected chi connectivity index (χ3v) is 5.69. The van der Waals surface area contributed by atoms with E-state index in [9.17, 15) is 0 Å².